The summed E-state index contributed by atoms with van der Waals surface area (Å²) < 4.78 is 15.2. The lowest BCUT2D eigenvalue weighted by atomic mass is 10.1. The fourth-order valence-corrected chi connectivity index (χ4v) is 3.93. The van der Waals surface area contributed by atoms with Crippen LogP contribution in [0.15, 0.2) is 46.9 Å². The van der Waals surface area contributed by atoms with E-state index in [-0.39, 0.29) is 46.0 Å². The Bertz CT molecular complexity index is 1430. The number of amides is 3. The molecule has 3 amide bonds. The SMILES string of the molecule is COC(=O)c1c(C)oc(NC(=O)c2ccc3c(c2)C(=O)N(CCc2ccc(OC)cc2)C3=O)c1C#N. The van der Waals surface area contributed by atoms with Crippen LogP contribution in [0.1, 0.15) is 58.3 Å². The Morgan fingerprint density at radius 1 is 1.06 bits per heavy atom. The molecule has 10 nitrogen and oxygen atoms in total. The van der Waals surface area contributed by atoms with Crippen molar-refractivity contribution in [1.29, 1.82) is 5.26 Å². The Balaban J connectivity index is 1.52. The zero-order chi connectivity index (χ0) is 26.0. The Morgan fingerprint density at radius 3 is 2.39 bits per heavy atom. The molecular weight excluding hydrogens is 466 g/mol. The number of anilines is 1. The fraction of sp³-hybridized carbons (Fsp3) is 0.192. The van der Waals surface area contributed by atoms with E-state index >= 15 is 0 Å². The number of nitriles is 1. The fourth-order valence-electron chi connectivity index (χ4n) is 3.93. The molecule has 36 heavy (non-hydrogen) atoms. The summed E-state index contributed by atoms with van der Waals surface area (Å²) in [6.45, 7) is 1.64. The van der Waals surface area contributed by atoms with Crippen molar-refractivity contribution in [1.82, 2.24) is 4.90 Å². The van der Waals surface area contributed by atoms with Crippen LogP contribution in [-0.4, -0.2) is 49.4 Å². The molecule has 0 fully saturated rings. The average Bonchev–Trinajstić information content (AvgIpc) is 3.34. The van der Waals surface area contributed by atoms with E-state index in [0.717, 1.165) is 17.6 Å². The molecule has 2 heterocycles. The summed E-state index contributed by atoms with van der Waals surface area (Å²) in [5.41, 5.74) is 1.05. The number of fused-ring (bicyclic) bond motifs is 1. The number of hydrogen-bond donors (Lipinski definition) is 1. The molecule has 0 saturated heterocycles. The van der Waals surface area contributed by atoms with Gasteiger partial charge in [-0.15, -0.1) is 0 Å². The van der Waals surface area contributed by atoms with E-state index in [9.17, 15) is 24.4 Å². The molecule has 0 aliphatic carbocycles. The van der Waals surface area contributed by atoms with Gasteiger partial charge in [0.05, 0.1) is 25.3 Å². The summed E-state index contributed by atoms with van der Waals surface area (Å²) in [4.78, 5) is 51.7. The molecule has 4 rings (SSSR count). The highest BCUT2D eigenvalue weighted by molar-refractivity contribution is 6.22. The molecule has 0 bridgehead atoms. The van der Waals surface area contributed by atoms with Crippen molar-refractivity contribution in [3.05, 3.63) is 81.6 Å². The first kappa shape index (κ1) is 24.2. The molecule has 2 aromatic carbocycles. The zero-order valence-corrected chi connectivity index (χ0v) is 19.7. The number of carbonyl (C=O) groups is 4. The van der Waals surface area contributed by atoms with Crippen molar-refractivity contribution in [2.75, 3.05) is 26.1 Å². The number of carbonyl (C=O) groups excluding carboxylic acids is 4. The van der Waals surface area contributed by atoms with Crippen LogP contribution < -0.4 is 10.1 Å². The molecule has 1 N–H and O–H groups in total. The number of nitrogens with zero attached hydrogens (tertiary/aromatic N) is 2. The highest BCUT2D eigenvalue weighted by Gasteiger charge is 2.36. The summed E-state index contributed by atoms with van der Waals surface area (Å²) in [6.07, 6.45) is 0.458. The summed E-state index contributed by atoms with van der Waals surface area (Å²) in [6, 6.07) is 13.3. The van der Waals surface area contributed by atoms with Gasteiger partial charge >= 0.3 is 5.97 Å². The van der Waals surface area contributed by atoms with Crippen LogP contribution >= 0.6 is 0 Å². The second kappa shape index (κ2) is 9.76. The van der Waals surface area contributed by atoms with Crippen molar-refractivity contribution in [3.63, 3.8) is 0 Å². The zero-order valence-electron chi connectivity index (χ0n) is 19.7. The van der Waals surface area contributed by atoms with Crippen LogP contribution in [0.2, 0.25) is 0 Å². The summed E-state index contributed by atoms with van der Waals surface area (Å²) in [7, 11) is 2.73. The van der Waals surface area contributed by atoms with Crippen LogP contribution in [0.5, 0.6) is 5.75 Å². The minimum atomic E-state index is -0.773. The Hall–Kier alpha value is -4.91. The lowest BCUT2D eigenvalue weighted by Crippen LogP contribution is -2.31. The topological polar surface area (TPSA) is 139 Å². The highest BCUT2D eigenvalue weighted by atomic mass is 16.5. The van der Waals surface area contributed by atoms with E-state index < -0.39 is 23.7 Å². The predicted octanol–water partition coefficient (Wildman–Crippen LogP) is 3.35. The van der Waals surface area contributed by atoms with Crippen molar-refractivity contribution in [2.24, 2.45) is 0 Å². The number of hydrogen-bond acceptors (Lipinski definition) is 8. The van der Waals surface area contributed by atoms with Gasteiger partial charge in [-0.3, -0.25) is 24.6 Å². The number of methoxy groups -OCH3 is 2. The predicted molar refractivity (Wildman–Crippen MR) is 126 cm³/mol. The molecular formula is C26H21N3O7. The van der Waals surface area contributed by atoms with E-state index in [2.05, 4.69) is 10.1 Å². The minimum absolute atomic E-state index is 0.0736. The second-order valence-corrected chi connectivity index (χ2v) is 7.92. The van der Waals surface area contributed by atoms with E-state index in [0.29, 0.717) is 12.2 Å². The number of nitrogens with one attached hydrogen (secondary N) is 1. The number of ether oxygens (including phenoxy) is 2. The second-order valence-electron chi connectivity index (χ2n) is 7.92. The van der Waals surface area contributed by atoms with Crippen LogP contribution in [-0.2, 0) is 11.2 Å². The Morgan fingerprint density at radius 2 is 1.75 bits per heavy atom. The molecule has 3 aromatic rings. The maximum Gasteiger partial charge on any atom is 0.342 e. The van der Waals surface area contributed by atoms with Crippen molar-refractivity contribution < 1.29 is 33.1 Å². The standard InChI is InChI=1S/C26H21N3O7/c1-14-21(26(33)35-3)20(13-27)23(36-14)28-22(30)16-6-9-18-19(12-16)25(32)29(24(18)31)11-10-15-4-7-17(34-2)8-5-15/h4-9,12H,10-11H2,1-3H3,(H,28,30). The molecule has 10 heteroatoms. The normalized spacial score (nSPS) is 12.2. The lowest BCUT2D eigenvalue weighted by molar-refractivity contribution is 0.0596. The van der Waals surface area contributed by atoms with Gasteiger partial charge in [-0.2, -0.15) is 5.26 Å². The Labute approximate surface area is 206 Å². The van der Waals surface area contributed by atoms with Gasteiger partial charge in [0.1, 0.15) is 28.7 Å². The van der Waals surface area contributed by atoms with Gasteiger partial charge in [0.15, 0.2) is 0 Å². The van der Waals surface area contributed by atoms with Crippen LogP contribution in [0.3, 0.4) is 0 Å². The quantitative estimate of drug-likeness (QED) is 0.395. The largest absolute Gasteiger partial charge is 0.497 e. The number of esters is 1. The van der Waals surface area contributed by atoms with Crippen LogP contribution in [0.25, 0.3) is 0 Å². The van der Waals surface area contributed by atoms with Gasteiger partial charge in [0.2, 0.25) is 5.88 Å². The third-order valence-electron chi connectivity index (χ3n) is 5.83. The molecule has 1 aromatic heterocycles. The number of benzene rings is 2. The molecule has 1 aliphatic rings. The molecule has 0 unspecified atom stereocenters. The first-order chi connectivity index (χ1) is 17.3. The first-order valence-electron chi connectivity index (χ1n) is 10.8. The summed E-state index contributed by atoms with van der Waals surface area (Å²) >= 11 is 0. The maximum absolute atomic E-state index is 13.0. The molecule has 0 atom stereocenters. The molecule has 0 spiro atoms. The van der Waals surface area contributed by atoms with E-state index in [1.165, 1.54) is 25.1 Å². The first-order valence-corrected chi connectivity index (χ1v) is 10.8. The number of rotatable bonds is 7. The van der Waals surface area contributed by atoms with Crippen LogP contribution in [0, 0.1) is 18.3 Å². The third kappa shape index (κ3) is 4.30. The van der Waals surface area contributed by atoms with Gasteiger partial charge in [0, 0.05) is 12.1 Å². The summed E-state index contributed by atoms with van der Waals surface area (Å²) in [5.74, 6) is -1.80. The minimum Gasteiger partial charge on any atom is -0.497 e. The molecule has 1 aliphatic heterocycles. The molecule has 182 valence electrons. The van der Waals surface area contributed by atoms with Gasteiger partial charge in [-0.05, 0) is 49.2 Å². The van der Waals surface area contributed by atoms with Gasteiger partial charge < -0.3 is 13.9 Å². The lowest BCUT2D eigenvalue weighted by Gasteiger charge is -2.13. The monoisotopic (exact) mass is 487 g/mol. The van der Waals surface area contributed by atoms with E-state index in [1.807, 2.05) is 18.2 Å². The molecule has 0 saturated carbocycles. The average molecular weight is 487 g/mol. The smallest absolute Gasteiger partial charge is 0.342 e. The van der Waals surface area contributed by atoms with Crippen molar-refractivity contribution >= 4 is 29.6 Å². The molecule has 0 radical (unpaired) electrons. The van der Waals surface area contributed by atoms with Crippen LogP contribution in [0.4, 0.5) is 5.88 Å². The van der Waals surface area contributed by atoms with Gasteiger partial charge in [-0.25, -0.2) is 4.79 Å². The van der Waals surface area contributed by atoms with E-state index in [4.69, 9.17) is 9.15 Å². The number of imide groups is 1. The van der Waals surface area contributed by atoms with E-state index in [1.54, 1.807) is 19.2 Å². The third-order valence-corrected chi connectivity index (χ3v) is 5.83. The Kier molecular flexibility index (Phi) is 6.56. The van der Waals surface area contributed by atoms with Gasteiger partial charge in [-0.1, -0.05) is 12.1 Å². The maximum atomic E-state index is 13.0. The van der Waals surface area contributed by atoms with Crippen molar-refractivity contribution in [2.45, 2.75) is 13.3 Å². The summed E-state index contributed by atoms with van der Waals surface area (Å²) in [5, 5.41) is 11.9. The van der Waals surface area contributed by atoms with Crippen molar-refractivity contribution in [3.8, 4) is 11.8 Å². The highest BCUT2D eigenvalue weighted by Crippen LogP contribution is 2.29. The van der Waals surface area contributed by atoms with Gasteiger partial charge in [0.25, 0.3) is 17.7 Å². The number of furan rings is 1. The number of aryl methyl sites for hydroxylation is 1.